The van der Waals surface area contributed by atoms with E-state index in [-0.39, 0.29) is 55.6 Å². The summed E-state index contributed by atoms with van der Waals surface area (Å²) in [7, 11) is 0. The Kier molecular flexibility index (Phi) is 9.50. The van der Waals surface area contributed by atoms with E-state index < -0.39 is 23.8 Å². The van der Waals surface area contributed by atoms with Crippen molar-refractivity contribution < 1.29 is 27.2 Å². The number of nitrogens with zero attached hydrogens (tertiary/aromatic N) is 4. The number of rotatable bonds is 11. The topological polar surface area (TPSA) is 92.2 Å². The van der Waals surface area contributed by atoms with Gasteiger partial charge in [0.25, 0.3) is 17.8 Å². The van der Waals surface area contributed by atoms with Gasteiger partial charge in [-0.1, -0.05) is 37.1 Å². The van der Waals surface area contributed by atoms with Crippen molar-refractivity contribution in [3.05, 3.63) is 53.2 Å². The maximum atomic E-state index is 14.6. The molecule has 2 N–H and O–H groups in total. The normalized spacial score (nSPS) is 18.4. The Morgan fingerprint density at radius 2 is 1.95 bits per heavy atom. The lowest BCUT2D eigenvalue weighted by Crippen LogP contribution is -2.45. The molecule has 0 radical (unpaired) electrons. The maximum absolute atomic E-state index is 14.6. The van der Waals surface area contributed by atoms with Crippen molar-refractivity contribution in [3.63, 3.8) is 0 Å². The Balaban J connectivity index is 1.38. The van der Waals surface area contributed by atoms with E-state index in [0.717, 1.165) is 32.6 Å². The van der Waals surface area contributed by atoms with Gasteiger partial charge in [0, 0.05) is 55.1 Å². The standard InChI is InChI=1S/C30H36F4N6O2S/c1-29(31,32)23-10-5-4-9-22(23)25-18-24(38-40(25)21-7-2-3-8-21)27(42)36-20(17-26(41)37-28-35-13-16-43-28)11-15-39-14-6-12-30(33,34)19-39/h4-5,9-10,13,16,18,20-21H,2-3,6-8,11-12,14-15,17,19H2,1H3,(H,36,42)(H,35,37,41)/t20-/m0/s1. The molecule has 43 heavy (non-hydrogen) atoms. The minimum absolute atomic E-state index is 0.0317. The third-order valence-electron chi connectivity index (χ3n) is 8.03. The number of alkyl halides is 4. The number of benzene rings is 1. The molecule has 1 saturated carbocycles. The molecule has 2 aromatic heterocycles. The summed E-state index contributed by atoms with van der Waals surface area (Å²) in [6.07, 6.45) is 5.52. The van der Waals surface area contributed by atoms with Gasteiger partial charge in [-0.3, -0.25) is 19.2 Å². The monoisotopic (exact) mass is 620 g/mol. The van der Waals surface area contributed by atoms with Crippen LogP contribution in [0.4, 0.5) is 22.7 Å². The lowest BCUT2D eigenvalue weighted by atomic mass is 9.99. The van der Waals surface area contributed by atoms with Crippen LogP contribution < -0.4 is 10.6 Å². The number of thiazole rings is 1. The van der Waals surface area contributed by atoms with Gasteiger partial charge in [-0.15, -0.1) is 11.3 Å². The summed E-state index contributed by atoms with van der Waals surface area (Å²) in [5.41, 5.74) is 0.628. The molecular weight excluding hydrogens is 584 g/mol. The highest BCUT2D eigenvalue weighted by atomic mass is 32.1. The summed E-state index contributed by atoms with van der Waals surface area (Å²) in [5.74, 6) is -6.81. The molecular formula is C30H36F4N6O2S. The maximum Gasteiger partial charge on any atom is 0.272 e. The molecule has 0 unspecified atom stereocenters. The average Bonchev–Trinajstić information content (AvgIpc) is 3.73. The molecule has 3 heterocycles. The first kappa shape index (κ1) is 31.1. The molecule has 1 aliphatic carbocycles. The van der Waals surface area contributed by atoms with Crippen molar-refractivity contribution in [2.24, 2.45) is 0 Å². The van der Waals surface area contributed by atoms with Gasteiger partial charge in [0.1, 0.15) is 0 Å². The first-order valence-corrected chi connectivity index (χ1v) is 15.5. The smallest absolute Gasteiger partial charge is 0.272 e. The summed E-state index contributed by atoms with van der Waals surface area (Å²) in [6, 6.07) is 7.03. The summed E-state index contributed by atoms with van der Waals surface area (Å²) in [4.78, 5) is 32.1. The zero-order chi connectivity index (χ0) is 30.6. The fraction of sp³-hybridized carbons (Fsp3) is 0.533. The van der Waals surface area contributed by atoms with Gasteiger partial charge in [-0.25, -0.2) is 22.5 Å². The average molecular weight is 621 g/mol. The largest absolute Gasteiger partial charge is 0.347 e. The summed E-state index contributed by atoms with van der Waals surface area (Å²) in [5, 5.41) is 12.3. The van der Waals surface area contributed by atoms with Crippen LogP contribution in [-0.2, 0) is 10.7 Å². The molecule has 2 amide bonds. The van der Waals surface area contributed by atoms with Gasteiger partial charge >= 0.3 is 0 Å². The zero-order valence-electron chi connectivity index (χ0n) is 24.0. The van der Waals surface area contributed by atoms with E-state index in [1.165, 1.54) is 23.5 Å². The van der Waals surface area contributed by atoms with Crippen molar-refractivity contribution >= 4 is 28.3 Å². The highest BCUT2D eigenvalue weighted by Crippen LogP contribution is 2.39. The van der Waals surface area contributed by atoms with Crippen LogP contribution in [-0.4, -0.2) is 63.1 Å². The molecule has 8 nitrogen and oxygen atoms in total. The van der Waals surface area contributed by atoms with Crippen molar-refractivity contribution in [1.29, 1.82) is 0 Å². The van der Waals surface area contributed by atoms with Crippen LogP contribution in [0.15, 0.2) is 41.9 Å². The molecule has 1 atom stereocenters. The molecule has 1 aliphatic heterocycles. The Morgan fingerprint density at radius 3 is 2.65 bits per heavy atom. The van der Waals surface area contributed by atoms with E-state index in [4.69, 9.17) is 0 Å². The lowest BCUT2D eigenvalue weighted by Gasteiger charge is -2.33. The summed E-state index contributed by atoms with van der Waals surface area (Å²) < 4.78 is 58.9. The number of nitrogens with one attached hydrogen (secondary N) is 2. The number of carbonyl (C=O) groups excluding carboxylic acids is 2. The Hall–Kier alpha value is -3.32. The van der Waals surface area contributed by atoms with Gasteiger partial charge in [0.2, 0.25) is 5.91 Å². The van der Waals surface area contributed by atoms with Crippen LogP contribution >= 0.6 is 11.3 Å². The van der Waals surface area contributed by atoms with E-state index in [0.29, 0.717) is 29.4 Å². The predicted octanol–water partition coefficient (Wildman–Crippen LogP) is 6.48. The fourth-order valence-electron chi connectivity index (χ4n) is 5.96. The minimum atomic E-state index is -3.11. The van der Waals surface area contributed by atoms with E-state index in [2.05, 4.69) is 20.7 Å². The lowest BCUT2D eigenvalue weighted by molar-refractivity contribution is -0.116. The Bertz CT molecular complexity index is 1400. The first-order chi connectivity index (χ1) is 20.5. The number of halogens is 4. The molecule has 232 valence electrons. The number of piperidine rings is 1. The molecule has 1 saturated heterocycles. The number of likely N-dealkylation sites (tertiary alicyclic amines) is 1. The zero-order valence-corrected chi connectivity index (χ0v) is 24.8. The SMILES string of the molecule is CC(F)(F)c1ccccc1-c1cc(C(=O)N[C@@H](CCN2CCCC(F)(F)C2)CC(=O)Nc2nccs2)nn1C1CCCC1. The second kappa shape index (κ2) is 13.1. The molecule has 13 heteroatoms. The molecule has 0 spiro atoms. The minimum Gasteiger partial charge on any atom is -0.347 e. The molecule has 0 bridgehead atoms. The van der Waals surface area contributed by atoms with Crippen molar-refractivity contribution in [1.82, 2.24) is 25.0 Å². The summed E-state index contributed by atoms with van der Waals surface area (Å²) >= 11 is 1.25. The van der Waals surface area contributed by atoms with Crippen LogP contribution in [0.3, 0.4) is 0 Å². The van der Waals surface area contributed by atoms with Gasteiger partial charge in [0.15, 0.2) is 10.8 Å². The second-order valence-corrected chi connectivity index (χ2v) is 12.4. The quantitative estimate of drug-likeness (QED) is 0.240. The van der Waals surface area contributed by atoms with Crippen LogP contribution in [0, 0.1) is 0 Å². The number of aromatic nitrogens is 3. The van der Waals surface area contributed by atoms with Gasteiger partial charge in [0.05, 0.1) is 18.3 Å². The van der Waals surface area contributed by atoms with E-state index in [9.17, 15) is 27.2 Å². The highest BCUT2D eigenvalue weighted by molar-refractivity contribution is 7.13. The number of carbonyl (C=O) groups is 2. The third kappa shape index (κ3) is 7.99. The third-order valence-corrected chi connectivity index (χ3v) is 8.71. The summed E-state index contributed by atoms with van der Waals surface area (Å²) in [6.45, 7) is 1.26. The van der Waals surface area contributed by atoms with Crippen LogP contribution in [0.2, 0.25) is 0 Å². The molecule has 3 aromatic rings. The Morgan fingerprint density at radius 1 is 1.19 bits per heavy atom. The van der Waals surface area contributed by atoms with Gasteiger partial charge < -0.3 is 10.6 Å². The van der Waals surface area contributed by atoms with E-state index in [1.54, 1.807) is 39.4 Å². The van der Waals surface area contributed by atoms with Gasteiger partial charge in [-0.2, -0.15) is 5.10 Å². The molecule has 2 aliphatic rings. The van der Waals surface area contributed by atoms with Crippen molar-refractivity contribution in [3.8, 4) is 11.3 Å². The van der Waals surface area contributed by atoms with Crippen LogP contribution in [0.1, 0.15) is 80.4 Å². The fourth-order valence-corrected chi connectivity index (χ4v) is 6.51. The van der Waals surface area contributed by atoms with Crippen LogP contribution in [0.5, 0.6) is 0 Å². The molecule has 2 fully saturated rings. The van der Waals surface area contributed by atoms with E-state index in [1.807, 2.05) is 0 Å². The molecule has 5 rings (SSSR count). The van der Waals surface area contributed by atoms with Crippen LogP contribution in [0.25, 0.3) is 11.3 Å². The number of hydrogen-bond acceptors (Lipinski definition) is 6. The molecule has 1 aromatic carbocycles. The highest BCUT2D eigenvalue weighted by Gasteiger charge is 2.35. The second-order valence-electron chi connectivity index (χ2n) is 11.5. The number of anilines is 1. The number of amides is 2. The van der Waals surface area contributed by atoms with Gasteiger partial charge in [-0.05, 0) is 38.3 Å². The van der Waals surface area contributed by atoms with Crippen molar-refractivity contribution in [2.75, 3.05) is 25.0 Å². The van der Waals surface area contributed by atoms with Crippen molar-refractivity contribution in [2.45, 2.75) is 82.2 Å². The first-order valence-electron chi connectivity index (χ1n) is 14.7. The van der Waals surface area contributed by atoms with E-state index >= 15 is 0 Å². The Labute approximate surface area is 251 Å². The predicted molar refractivity (Wildman–Crippen MR) is 157 cm³/mol. The number of hydrogen-bond donors (Lipinski definition) is 2.